The molecule has 112 valence electrons. The normalized spacial score (nSPS) is 15.3. The highest BCUT2D eigenvalue weighted by Gasteiger charge is 2.26. The number of sulfonamides is 1. The number of fused-ring (bicyclic) bond motifs is 1. The number of rotatable bonds is 3. The van der Waals surface area contributed by atoms with Gasteiger partial charge in [0.25, 0.3) is 0 Å². The molecular formula is C16H15N3O2S. The third kappa shape index (κ3) is 2.30. The van der Waals surface area contributed by atoms with Crippen molar-refractivity contribution in [3.8, 4) is 11.1 Å². The maximum Gasteiger partial charge on any atom is 0.238 e. The monoisotopic (exact) mass is 313 g/mol. The Hall–Kier alpha value is -2.18. The lowest BCUT2D eigenvalue weighted by Crippen LogP contribution is -2.11. The first-order chi connectivity index (χ1) is 10.5. The van der Waals surface area contributed by atoms with Gasteiger partial charge in [-0.15, -0.1) is 0 Å². The summed E-state index contributed by atoms with van der Waals surface area (Å²) in [5.74, 6) is 0.626. The molecule has 0 radical (unpaired) electrons. The van der Waals surface area contributed by atoms with E-state index in [0.717, 1.165) is 22.2 Å². The van der Waals surface area contributed by atoms with Gasteiger partial charge in [-0.2, -0.15) is 0 Å². The first-order valence-electron chi connectivity index (χ1n) is 7.12. The second-order valence-electron chi connectivity index (χ2n) is 5.71. The van der Waals surface area contributed by atoms with E-state index >= 15 is 0 Å². The summed E-state index contributed by atoms with van der Waals surface area (Å²) in [6.07, 6.45) is 6.22. The summed E-state index contributed by atoms with van der Waals surface area (Å²) in [6.45, 7) is 0. The molecule has 4 rings (SSSR count). The fraction of sp³-hybridized carbons (Fsp3) is 0.188. The lowest BCUT2D eigenvalue weighted by atomic mass is 10.0. The molecule has 1 aliphatic carbocycles. The van der Waals surface area contributed by atoms with Gasteiger partial charge in [0, 0.05) is 23.3 Å². The van der Waals surface area contributed by atoms with Crippen molar-refractivity contribution in [1.82, 2.24) is 9.97 Å². The molecule has 0 bridgehead atoms. The third-order valence-electron chi connectivity index (χ3n) is 4.08. The second kappa shape index (κ2) is 4.66. The maximum atomic E-state index is 11.5. The van der Waals surface area contributed by atoms with E-state index in [9.17, 15) is 8.42 Å². The van der Waals surface area contributed by atoms with Gasteiger partial charge in [-0.1, -0.05) is 12.1 Å². The number of benzene rings is 1. The summed E-state index contributed by atoms with van der Waals surface area (Å²) in [5, 5.41) is 6.31. The van der Waals surface area contributed by atoms with Crippen molar-refractivity contribution in [3.63, 3.8) is 0 Å². The topological polar surface area (TPSA) is 88.8 Å². The number of H-pyrrole nitrogens is 1. The summed E-state index contributed by atoms with van der Waals surface area (Å²) in [5.41, 5.74) is 3.85. The fourth-order valence-electron chi connectivity index (χ4n) is 2.77. The van der Waals surface area contributed by atoms with E-state index < -0.39 is 10.0 Å². The summed E-state index contributed by atoms with van der Waals surface area (Å²) in [6, 6.07) is 8.70. The Morgan fingerprint density at radius 1 is 1.18 bits per heavy atom. The van der Waals surface area contributed by atoms with Gasteiger partial charge in [-0.05, 0) is 48.1 Å². The van der Waals surface area contributed by atoms with Crippen LogP contribution in [0.15, 0.2) is 47.6 Å². The Kier molecular flexibility index (Phi) is 2.85. The maximum absolute atomic E-state index is 11.5. The summed E-state index contributed by atoms with van der Waals surface area (Å²) < 4.78 is 23.0. The van der Waals surface area contributed by atoms with E-state index in [2.05, 4.69) is 16.0 Å². The predicted octanol–water partition coefficient (Wildman–Crippen LogP) is 2.75. The number of nitrogens with one attached hydrogen (secondary N) is 1. The molecule has 2 aromatic heterocycles. The average molecular weight is 313 g/mol. The van der Waals surface area contributed by atoms with Crippen molar-refractivity contribution in [2.24, 2.45) is 5.14 Å². The molecule has 3 N–H and O–H groups in total. The molecule has 1 saturated carbocycles. The summed E-state index contributed by atoms with van der Waals surface area (Å²) in [4.78, 5) is 7.75. The number of nitrogens with zero attached hydrogens (tertiary/aromatic N) is 1. The Labute approximate surface area is 128 Å². The van der Waals surface area contributed by atoms with Crippen LogP contribution in [0.4, 0.5) is 0 Å². The smallest absolute Gasteiger partial charge is 0.238 e. The van der Waals surface area contributed by atoms with E-state index in [1.807, 2.05) is 12.3 Å². The number of hydrogen-bond donors (Lipinski definition) is 2. The number of primary sulfonamides is 1. The predicted molar refractivity (Wildman–Crippen MR) is 84.9 cm³/mol. The van der Waals surface area contributed by atoms with Crippen LogP contribution in [0, 0.1) is 0 Å². The molecule has 0 unspecified atom stereocenters. The largest absolute Gasteiger partial charge is 0.346 e. The van der Waals surface area contributed by atoms with Gasteiger partial charge in [-0.3, -0.25) is 0 Å². The van der Waals surface area contributed by atoms with Crippen LogP contribution in [0.25, 0.3) is 22.2 Å². The van der Waals surface area contributed by atoms with E-state index in [1.54, 1.807) is 18.3 Å². The highest BCUT2D eigenvalue weighted by Crippen LogP contribution is 2.43. The molecule has 1 fully saturated rings. The SMILES string of the molecule is NS(=O)(=O)c1cccc(-c2cnc3[nH]cc(C4CC4)c3c2)c1. The van der Waals surface area contributed by atoms with Crippen LogP contribution in [0.1, 0.15) is 24.3 Å². The van der Waals surface area contributed by atoms with E-state index in [1.165, 1.54) is 24.5 Å². The molecule has 0 amide bonds. The van der Waals surface area contributed by atoms with Crippen LogP contribution < -0.4 is 5.14 Å². The highest BCUT2D eigenvalue weighted by molar-refractivity contribution is 7.89. The van der Waals surface area contributed by atoms with E-state index in [4.69, 9.17) is 5.14 Å². The van der Waals surface area contributed by atoms with Gasteiger partial charge in [0.1, 0.15) is 5.65 Å². The molecule has 0 saturated heterocycles. The number of nitrogens with two attached hydrogens (primary N) is 1. The molecule has 0 atom stereocenters. The second-order valence-corrected chi connectivity index (χ2v) is 7.27. The molecule has 1 aliphatic rings. The van der Waals surface area contributed by atoms with Crippen molar-refractivity contribution >= 4 is 21.1 Å². The lowest BCUT2D eigenvalue weighted by Gasteiger charge is -2.05. The quantitative estimate of drug-likeness (QED) is 0.779. The minimum Gasteiger partial charge on any atom is -0.346 e. The molecule has 6 heteroatoms. The minimum atomic E-state index is -3.70. The van der Waals surface area contributed by atoms with Crippen molar-refractivity contribution in [1.29, 1.82) is 0 Å². The Morgan fingerprint density at radius 2 is 2.00 bits per heavy atom. The average Bonchev–Trinajstić information content (AvgIpc) is 3.26. The minimum absolute atomic E-state index is 0.113. The highest BCUT2D eigenvalue weighted by atomic mass is 32.2. The van der Waals surface area contributed by atoms with Crippen LogP contribution in [0.5, 0.6) is 0 Å². The van der Waals surface area contributed by atoms with Crippen molar-refractivity contribution in [2.75, 3.05) is 0 Å². The zero-order valence-corrected chi connectivity index (χ0v) is 12.6. The van der Waals surface area contributed by atoms with Crippen LogP contribution in [0.2, 0.25) is 0 Å². The molecule has 0 aliphatic heterocycles. The van der Waals surface area contributed by atoms with Crippen molar-refractivity contribution < 1.29 is 8.42 Å². The zero-order valence-electron chi connectivity index (χ0n) is 11.8. The van der Waals surface area contributed by atoms with Crippen LogP contribution >= 0.6 is 0 Å². The third-order valence-corrected chi connectivity index (χ3v) is 4.99. The summed E-state index contributed by atoms with van der Waals surface area (Å²) in [7, 11) is -3.70. The molecule has 2 heterocycles. The molecular weight excluding hydrogens is 298 g/mol. The number of pyridine rings is 1. The molecule has 0 spiro atoms. The van der Waals surface area contributed by atoms with Gasteiger partial charge < -0.3 is 4.98 Å². The van der Waals surface area contributed by atoms with E-state index in [0.29, 0.717) is 5.92 Å². The van der Waals surface area contributed by atoms with E-state index in [-0.39, 0.29) is 4.90 Å². The fourth-order valence-corrected chi connectivity index (χ4v) is 3.33. The lowest BCUT2D eigenvalue weighted by molar-refractivity contribution is 0.598. The molecule has 22 heavy (non-hydrogen) atoms. The van der Waals surface area contributed by atoms with Crippen LogP contribution in [-0.4, -0.2) is 18.4 Å². The number of hydrogen-bond acceptors (Lipinski definition) is 3. The first kappa shape index (κ1) is 13.5. The van der Waals surface area contributed by atoms with Gasteiger partial charge >= 0.3 is 0 Å². The Bertz CT molecular complexity index is 972. The standard InChI is InChI=1S/C16H15N3O2S/c17-22(20,21)13-3-1-2-11(6-13)12-7-14-15(10-4-5-10)9-19-16(14)18-8-12/h1-3,6-10H,4-5H2,(H,18,19)(H2,17,20,21). The first-order valence-corrected chi connectivity index (χ1v) is 8.67. The molecule has 5 nitrogen and oxygen atoms in total. The summed E-state index contributed by atoms with van der Waals surface area (Å²) >= 11 is 0. The number of aromatic nitrogens is 2. The number of aromatic amines is 1. The van der Waals surface area contributed by atoms with Gasteiger partial charge in [-0.25, -0.2) is 18.5 Å². The Balaban J connectivity index is 1.85. The molecule has 3 aromatic rings. The zero-order chi connectivity index (χ0) is 15.3. The van der Waals surface area contributed by atoms with Gasteiger partial charge in [0.05, 0.1) is 4.90 Å². The van der Waals surface area contributed by atoms with Crippen molar-refractivity contribution in [3.05, 3.63) is 48.3 Å². The van der Waals surface area contributed by atoms with Gasteiger partial charge in [0.15, 0.2) is 0 Å². The molecule has 1 aromatic carbocycles. The Morgan fingerprint density at radius 3 is 2.73 bits per heavy atom. The van der Waals surface area contributed by atoms with Crippen LogP contribution in [0.3, 0.4) is 0 Å². The van der Waals surface area contributed by atoms with Crippen molar-refractivity contribution in [2.45, 2.75) is 23.7 Å². The van der Waals surface area contributed by atoms with Crippen LogP contribution in [-0.2, 0) is 10.0 Å². The van der Waals surface area contributed by atoms with Gasteiger partial charge in [0.2, 0.25) is 10.0 Å².